The van der Waals surface area contributed by atoms with Gasteiger partial charge in [-0.3, -0.25) is 4.79 Å². The summed E-state index contributed by atoms with van der Waals surface area (Å²) in [6, 6.07) is 8.79. The number of methoxy groups -OCH3 is 2. The van der Waals surface area contributed by atoms with Gasteiger partial charge >= 0.3 is 11.9 Å². The van der Waals surface area contributed by atoms with Crippen LogP contribution in [0.4, 0.5) is 19.0 Å². The van der Waals surface area contributed by atoms with Crippen LogP contribution in [0.1, 0.15) is 5.56 Å². The summed E-state index contributed by atoms with van der Waals surface area (Å²) >= 11 is 0. The quantitative estimate of drug-likeness (QED) is 0.481. The van der Waals surface area contributed by atoms with Crippen LogP contribution >= 0.6 is 0 Å². The van der Waals surface area contributed by atoms with E-state index in [2.05, 4.69) is 15.0 Å². The molecule has 0 aliphatic carbocycles. The third kappa shape index (κ3) is 3.86. The molecule has 12 heteroatoms. The summed E-state index contributed by atoms with van der Waals surface area (Å²) in [5, 5.41) is 0. The van der Waals surface area contributed by atoms with E-state index in [9.17, 15) is 22.8 Å². The highest BCUT2D eigenvalue weighted by molar-refractivity contribution is 5.85. The Kier molecular flexibility index (Phi) is 5.28. The molecular formula is C21H16F3N5O4. The Morgan fingerprint density at radius 2 is 1.70 bits per heavy atom. The number of ether oxygens (including phenoxy) is 2. The summed E-state index contributed by atoms with van der Waals surface area (Å²) < 4.78 is 50.6. The maximum absolute atomic E-state index is 13.1. The average Bonchev–Trinajstić information content (AvgIpc) is 2.79. The maximum Gasteiger partial charge on any atom is 0.416 e. The Bertz CT molecular complexity index is 1490. The van der Waals surface area contributed by atoms with Gasteiger partial charge in [-0.15, -0.1) is 0 Å². The van der Waals surface area contributed by atoms with Gasteiger partial charge in [0.05, 0.1) is 25.5 Å². The zero-order valence-corrected chi connectivity index (χ0v) is 17.2. The van der Waals surface area contributed by atoms with Crippen molar-refractivity contribution in [3.63, 3.8) is 0 Å². The molecule has 4 rings (SSSR count). The molecule has 0 spiro atoms. The number of nitrogens with one attached hydrogen (secondary N) is 1. The minimum Gasteiger partial charge on any atom is -0.493 e. The second-order valence-electron chi connectivity index (χ2n) is 6.84. The van der Waals surface area contributed by atoms with Gasteiger partial charge in [-0.1, -0.05) is 6.07 Å². The summed E-state index contributed by atoms with van der Waals surface area (Å²) in [6.45, 7) is 0. The Labute approximate surface area is 183 Å². The fraction of sp³-hybridized carbons (Fsp3) is 0.143. The zero-order valence-electron chi connectivity index (χ0n) is 17.2. The number of alkyl halides is 3. The van der Waals surface area contributed by atoms with Crippen LogP contribution in [0.3, 0.4) is 0 Å². The molecule has 0 unspecified atom stereocenters. The number of aromatic nitrogens is 4. The number of nitrogens with zero attached hydrogens (tertiary/aromatic N) is 3. The third-order valence-corrected chi connectivity index (χ3v) is 4.87. The van der Waals surface area contributed by atoms with Gasteiger partial charge in [-0.25, -0.2) is 14.3 Å². The summed E-state index contributed by atoms with van der Waals surface area (Å²) in [7, 11) is 2.90. The number of aromatic amines is 1. The van der Waals surface area contributed by atoms with Gasteiger partial charge < -0.3 is 20.2 Å². The number of benzene rings is 2. The lowest BCUT2D eigenvalue weighted by molar-refractivity contribution is -0.137. The molecular weight excluding hydrogens is 443 g/mol. The van der Waals surface area contributed by atoms with E-state index in [4.69, 9.17) is 15.2 Å². The van der Waals surface area contributed by atoms with E-state index in [1.54, 1.807) is 18.2 Å². The molecule has 0 aliphatic rings. The molecule has 33 heavy (non-hydrogen) atoms. The van der Waals surface area contributed by atoms with Crippen LogP contribution in [0.25, 0.3) is 28.1 Å². The van der Waals surface area contributed by atoms with Crippen molar-refractivity contribution in [1.82, 2.24) is 19.5 Å². The molecule has 0 saturated carbocycles. The molecule has 0 radical (unpaired) electrons. The highest BCUT2D eigenvalue weighted by atomic mass is 19.4. The van der Waals surface area contributed by atoms with Gasteiger partial charge in [0, 0.05) is 5.56 Å². The molecule has 3 N–H and O–H groups in total. The third-order valence-electron chi connectivity index (χ3n) is 4.87. The van der Waals surface area contributed by atoms with E-state index in [0.717, 1.165) is 22.8 Å². The molecule has 9 nitrogen and oxygen atoms in total. The van der Waals surface area contributed by atoms with Crippen LogP contribution < -0.4 is 26.5 Å². The fourth-order valence-corrected chi connectivity index (χ4v) is 3.29. The number of hydrogen-bond acceptors (Lipinski definition) is 7. The van der Waals surface area contributed by atoms with Crippen LogP contribution in [-0.2, 0) is 6.18 Å². The molecule has 0 aliphatic heterocycles. The van der Waals surface area contributed by atoms with E-state index < -0.39 is 23.0 Å². The topological polar surface area (TPSA) is 125 Å². The van der Waals surface area contributed by atoms with E-state index in [0.29, 0.717) is 17.1 Å². The monoisotopic (exact) mass is 459 g/mol. The van der Waals surface area contributed by atoms with Gasteiger partial charge in [-0.05, 0) is 36.4 Å². The lowest BCUT2D eigenvalue weighted by Crippen LogP contribution is -2.28. The molecule has 0 bridgehead atoms. The number of hydrogen-bond donors (Lipinski definition) is 2. The lowest BCUT2D eigenvalue weighted by atomic mass is 10.1. The average molecular weight is 459 g/mol. The van der Waals surface area contributed by atoms with Crippen molar-refractivity contribution < 1.29 is 22.6 Å². The van der Waals surface area contributed by atoms with Crippen LogP contribution in [-0.4, -0.2) is 33.7 Å². The largest absolute Gasteiger partial charge is 0.493 e. The Morgan fingerprint density at radius 1 is 0.970 bits per heavy atom. The fourth-order valence-electron chi connectivity index (χ4n) is 3.29. The van der Waals surface area contributed by atoms with E-state index in [1.807, 2.05) is 0 Å². The van der Waals surface area contributed by atoms with Crippen LogP contribution in [0.2, 0.25) is 0 Å². The minimum atomic E-state index is -4.63. The second kappa shape index (κ2) is 7.97. The van der Waals surface area contributed by atoms with Crippen molar-refractivity contribution >= 4 is 16.9 Å². The van der Waals surface area contributed by atoms with Gasteiger partial charge in [0.2, 0.25) is 0 Å². The Morgan fingerprint density at radius 3 is 2.36 bits per heavy atom. The summed E-state index contributed by atoms with van der Waals surface area (Å²) in [5.41, 5.74) is 3.13. The molecule has 0 fully saturated rings. The first-order valence-electron chi connectivity index (χ1n) is 9.36. The first kappa shape index (κ1) is 21.9. The number of fused-ring (bicyclic) bond motifs is 1. The summed E-state index contributed by atoms with van der Waals surface area (Å²) in [6.07, 6.45) is -4.63. The summed E-state index contributed by atoms with van der Waals surface area (Å²) in [4.78, 5) is 35.7. The van der Waals surface area contributed by atoms with Crippen molar-refractivity contribution in [3.8, 4) is 28.6 Å². The Balaban J connectivity index is 1.95. The molecule has 170 valence electrons. The van der Waals surface area contributed by atoms with Crippen molar-refractivity contribution in [3.05, 3.63) is 68.9 Å². The predicted octanol–water partition coefficient (Wildman–Crippen LogP) is 2.75. The lowest BCUT2D eigenvalue weighted by Gasteiger charge is -2.14. The van der Waals surface area contributed by atoms with Crippen LogP contribution in [0.5, 0.6) is 11.5 Å². The number of halogens is 3. The van der Waals surface area contributed by atoms with Crippen molar-refractivity contribution in [1.29, 1.82) is 0 Å². The van der Waals surface area contributed by atoms with Gasteiger partial charge in [0.1, 0.15) is 17.2 Å². The van der Waals surface area contributed by atoms with Gasteiger partial charge in [0.15, 0.2) is 17.0 Å². The van der Waals surface area contributed by atoms with Gasteiger partial charge in [-0.2, -0.15) is 18.2 Å². The van der Waals surface area contributed by atoms with Crippen molar-refractivity contribution in [2.75, 3.05) is 20.0 Å². The first-order valence-corrected chi connectivity index (χ1v) is 9.36. The minimum absolute atomic E-state index is 0.0798. The molecule has 0 amide bonds. The summed E-state index contributed by atoms with van der Waals surface area (Å²) in [5.74, 6) is 0.565. The van der Waals surface area contributed by atoms with Gasteiger partial charge in [0.25, 0.3) is 5.56 Å². The van der Waals surface area contributed by atoms with E-state index in [-0.39, 0.29) is 28.4 Å². The highest BCUT2D eigenvalue weighted by Crippen LogP contribution is 2.32. The highest BCUT2D eigenvalue weighted by Gasteiger charge is 2.31. The van der Waals surface area contributed by atoms with E-state index >= 15 is 0 Å². The van der Waals surface area contributed by atoms with E-state index in [1.165, 1.54) is 20.3 Å². The SMILES string of the molecule is COc1ccc(-c2nc3c(N)n(-c4cccc(C(F)(F)F)c4)c(=O)nc3c(=O)[nH]2)cc1OC. The first-order chi connectivity index (χ1) is 15.6. The molecule has 4 aromatic rings. The second-order valence-corrected chi connectivity index (χ2v) is 6.84. The Hall–Kier alpha value is -4.35. The number of anilines is 1. The number of H-pyrrole nitrogens is 1. The van der Waals surface area contributed by atoms with Crippen LogP contribution in [0, 0.1) is 0 Å². The van der Waals surface area contributed by atoms with Crippen LogP contribution in [0.15, 0.2) is 52.1 Å². The number of nitrogens with two attached hydrogens (primary N) is 1. The molecule has 2 aromatic heterocycles. The normalized spacial score (nSPS) is 11.5. The van der Waals surface area contributed by atoms with Crippen molar-refractivity contribution in [2.45, 2.75) is 6.18 Å². The smallest absolute Gasteiger partial charge is 0.416 e. The standard InChI is InChI=1S/C21H16F3N5O4/c1-32-13-7-6-10(8-14(13)33-2)18-26-15-16(19(30)28-18)27-20(31)29(17(15)25)12-5-3-4-11(9-12)21(22,23)24/h3-9H,25H2,1-2H3,(H,26,28,30). The molecule has 0 saturated heterocycles. The number of nitrogen functional groups attached to an aromatic ring is 1. The zero-order chi connectivity index (χ0) is 23.9. The van der Waals surface area contributed by atoms with Crippen molar-refractivity contribution in [2.24, 2.45) is 0 Å². The number of rotatable bonds is 4. The maximum atomic E-state index is 13.1. The predicted molar refractivity (Wildman–Crippen MR) is 114 cm³/mol. The molecule has 2 heterocycles. The molecule has 2 aromatic carbocycles. The molecule has 0 atom stereocenters.